The van der Waals surface area contributed by atoms with E-state index >= 15 is 0 Å². The van der Waals surface area contributed by atoms with Gasteiger partial charge in [0.2, 0.25) is 5.91 Å². The van der Waals surface area contributed by atoms with Crippen molar-refractivity contribution in [2.24, 2.45) is 0 Å². The van der Waals surface area contributed by atoms with Crippen molar-refractivity contribution in [3.63, 3.8) is 0 Å². The maximum Gasteiger partial charge on any atom is 0.268 e. The molecule has 0 bridgehead atoms. The van der Waals surface area contributed by atoms with E-state index in [-0.39, 0.29) is 12.5 Å². The Morgan fingerprint density at radius 2 is 1.41 bits per heavy atom. The van der Waals surface area contributed by atoms with Crippen molar-refractivity contribution < 1.29 is 32.9 Å². The van der Waals surface area contributed by atoms with Gasteiger partial charge in [-0.3, -0.25) is 9.36 Å². The second-order valence-electron chi connectivity index (χ2n) is 11.8. The summed E-state index contributed by atoms with van der Waals surface area (Å²) in [5.74, 6) is -0.227. The van der Waals surface area contributed by atoms with Gasteiger partial charge < -0.3 is 28.8 Å². The maximum absolute atomic E-state index is 12.6. The fraction of sp³-hybridized carbons (Fsp3) is 0.781. The van der Waals surface area contributed by atoms with E-state index < -0.39 is 26.6 Å². The quantitative estimate of drug-likeness (QED) is 0.0476. The number of unbranched alkanes of at least 4 members (excludes halogenated alkanes) is 10. The number of carbonyl (C=O) groups is 1. The average Bonchev–Trinajstić information content (AvgIpc) is 2.90. The van der Waals surface area contributed by atoms with Crippen molar-refractivity contribution in [1.29, 1.82) is 0 Å². The van der Waals surface area contributed by atoms with Crippen LogP contribution in [-0.4, -0.2) is 68.5 Å². The number of rotatable bonds is 27. The summed E-state index contributed by atoms with van der Waals surface area (Å²) in [6, 6.07) is -0.900. The van der Waals surface area contributed by atoms with E-state index in [2.05, 4.69) is 43.5 Å². The van der Waals surface area contributed by atoms with E-state index in [1.165, 1.54) is 25.7 Å². The van der Waals surface area contributed by atoms with Gasteiger partial charge in [0.1, 0.15) is 13.2 Å². The molecule has 0 aliphatic carbocycles. The van der Waals surface area contributed by atoms with Crippen molar-refractivity contribution in [2.45, 2.75) is 122 Å². The Morgan fingerprint density at radius 3 is 2.07 bits per heavy atom. The van der Waals surface area contributed by atoms with E-state index in [1.54, 1.807) is 6.08 Å². The Bertz CT molecular complexity index is 779. The Hall–Kier alpha value is -1.28. The van der Waals surface area contributed by atoms with Crippen LogP contribution in [0.2, 0.25) is 0 Å². The van der Waals surface area contributed by atoms with Gasteiger partial charge in [-0.2, -0.15) is 0 Å². The number of nitrogens with zero attached hydrogens (tertiary/aromatic N) is 1. The zero-order valence-electron chi connectivity index (χ0n) is 26.7. The molecule has 0 aromatic heterocycles. The molecule has 41 heavy (non-hydrogen) atoms. The van der Waals surface area contributed by atoms with Crippen molar-refractivity contribution in [3.05, 3.63) is 36.5 Å². The number of hydrogen-bond donors (Lipinski definition) is 2. The smallest absolute Gasteiger partial charge is 0.268 e. The predicted molar refractivity (Wildman–Crippen MR) is 168 cm³/mol. The van der Waals surface area contributed by atoms with Crippen molar-refractivity contribution >= 4 is 13.7 Å². The molecule has 0 aromatic rings. The lowest BCUT2D eigenvalue weighted by atomic mass is 10.1. The summed E-state index contributed by atoms with van der Waals surface area (Å²) in [6.07, 6.45) is 26.4. The highest BCUT2D eigenvalue weighted by molar-refractivity contribution is 7.45. The van der Waals surface area contributed by atoms with E-state index in [0.717, 1.165) is 64.2 Å². The van der Waals surface area contributed by atoms with Gasteiger partial charge in [-0.15, -0.1) is 0 Å². The van der Waals surface area contributed by atoms with Crippen LogP contribution in [0, 0.1) is 0 Å². The van der Waals surface area contributed by atoms with Crippen LogP contribution in [0.1, 0.15) is 110 Å². The van der Waals surface area contributed by atoms with Crippen LogP contribution in [0.15, 0.2) is 36.5 Å². The molecule has 0 aliphatic rings. The number of aliphatic hydroxyl groups is 1. The molecule has 0 heterocycles. The number of nitrogens with one attached hydrogen (secondary N) is 1. The summed E-state index contributed by atoms with van der Waals surface area (Å²) in [4.78, 5) is 24.9. The van der Waals surface area contributed by atoms with E-state index in [0.29, 0.717) is 17.4 Å². The highest BCUT2D eigenvalue weighted by atomic mass is 31.2. The third-order valence-corrected chi connectivity index (χ3v) is 7.52. The van der Waals surface area contributed by atoms with Gasteiger partial charge in [-0.05, 0) is 51.4 Å². The molecular formula is C32H61N2O6P. The van der Waals surface area contributed by atoms with Gasteiger partial charge in [-0.25, -0.2) is 0 Å². The molecule has 0 radical (unpaired) electrons. The molecule has 0 aromatic carbocycles. The number of aliphatic hydroxyl groups excluding tert-OH is 1. The third kappa shape index (κ3) is 27.3. The fourth-order valence-electron chi connectivity index (χ4n) is 3.93. The highest BCUT2D eigenvalue weighted by Crippen LogP contribution is 2.38. The number of phosphoric ester groups is 1. The highest BCUT2D eigenvalue weighted by Gasteiger charge is 2.23. The summed E-state index contributed by atoms with van der Waals surface area (Å²) in [5, 5.41) is 13.5. The van der Waals surface area contributed by atoms with Crippen LogP contribution in [0.5, 0.6) is 0 Å². The van der Waals surface area contributed by atoms with Crippen LogP contribution < -0.4 is 10.2 Å². The molecule has 2 N–H and O–H groups in total. The summed E-state index contributed by atoms with van der Waals surface area (Å²) in [5.41, 5.74) is 0. The molecule has 0 fully saturated rings. The summed E-state index contributed by atoms with van der Waals surface area (Å²) < 4.78 is 22.8. The molecule has 0 saturated carbocycles. The number of likely N-dealkylation sites (N-methyl/N-ethyl adjacent to an activating group) is 1. The molecule has 9 heteroatoms. The molecule has 0 aliphatic heterocycles. The molecule has 240 valence electrons. The van der Waals surface area contributed by atoms with Crippen LogP contribution in [0.4, 0.5) is 0 Å². The van der Waals surface area contributed by atoms with Gasteiger partial charge in [0.05, 0.1) is 39.9 Å². The normalized spacial score (nSPS) is 15.6. The number of phosphoric acid groups is 1. The first-order valence-electron chi connectivity index (χ1n) is 15.9. The van der Waals surface area contributed by atoms with Gasteiger partial charge in [0.15, 0.2) is 0 Å². The van der Waals surface area contributed by atoms with Crippen molar-refractivity contribution in [3.8, 4) is 0 Å². The average molecular weight is 601 g/mol. The Balaban J connectivity index is 4.64. The first-order valence-corrected chi connectivity index (χ1v) is 17.3. The zero-order chi connectivity index (χ0) is 30.8. The summed E-state index contributed by atoms with van der Waals surface area (Å²) >= 11 is 0. The molecule has 0 rings (SSSR count). The van der Waals surface area contributed by atoms with E-state index in [1.807, 2.05) is 27.2 Å². The van der Waals surface area contributed by atoms with E-state index in [9.17, 15) is 19.4 Å². The van der Waals surface area contributed by atoms with Crippen LogP contribution >= 0.6 is 7.82 Å². The van der Waals surface area contributed by atoms with Crippen LogP contribution in [-0.2, 0) is 18.4 Å². The fourth-order valence-corrected chi connectivity index (χ4v) is 4.65. The molecule has 0 saturated heterocycles. The number of hydrogen-bond acceptors (Lipinski definition) is 6. The molecule has 0 spiro atoms. The van der Waals surface area contributed by atoms with Crippen LogP contribution in [0.25, 0.3) is 0 Å². The minimum Gasteiger partial charge on any atom is -0.756 e. The molecular weight excluding hydrogens is 539 g/mol. The lowest BCUT2D eigenvalue weighted by Crippen LogP contribution is -2.45. The Kier molecular flexibility index (Phi) is 24.5. The Labute approximate surface area is 251 Å². The van der Waals surface area contributed by atoms with Crippen LogP contribution in [0.3, 0.4) is 0 Å². The van der Waals surface area contributed by atoms with Gasteiger partial charge in [-0.1, -0.05) is 88.8 Å². The topological polar surface area (TPSA) is 108 Å². The minimum absolute atomic E-state index is 0.00937. The standard InChI is InChI=1S/C32H61N2O6P/c1-6-8-10-12-14-15-16-17-18-20-22-24-26-32(36)33-30(31(35)25-23-21-19-13-11-9-7-2)29-40-41(37,38)39-28-27-34(3,4)5/h11,13-15,23,25,30-31,35H,6-10,12,16-22,24,26-29H2,1-5H3,(H-,33,36,37,38)/b13-11+,15-14-,25-23+. The Morgan fingerprint density at radius 1 is 0.829 bits per heavy atom. The number of allylic oxidation sites excluding steroid dienone is 5. The lowest BCUT2D eigenvalue weighted by molar-refractivity contribution is -0.870. The summed E-state index contributed by atoms with van der Waals surface area (Å²) in [7, 11) is 1.22. The monoisotopic (exact) mass is 600 g/mol. The molecule has 3 unspecified atom stereocenters. The molecule has 8 nitrogen and oxygen atoms in total. The number of quaternary nitrogens is 1. The van der Waals surface area contributed by atoms with E-state index in [4.69, 9.17) is 9.05 Å². The largest absolute Gasteiger partial charge is 0.756 e. The zero-order valence-corrected chi connectivity index (χ0v) is 27.6. The molecule has 3 atom stereocenters. The summed E-state index contributed by atoms with van der Waals surface area (Å²) in [6.45, 7) is 4.43. The lowest BCUT2D eigenvalue weighted by Gasteiger charge is -2.29. The van der Waals surface area contributed by atoms with Gasteiger partial charge in [0.25, 0.3) is 7.82 Å². The van der Waals surface area contributed by atoms with Gasteiger partial charge in [0, 0.05) is 6.42 Å². The predicted octanol–water partition coefficient (Wildman–Crippen LogP) is 6.60. The van der Waals surface area contributed by atoms with Crippen molar-refractivity contribution in [2.75, 3.05) is 40.9 Å². The second kappa shape index (κ2) is 25.2. The third-order valence-electron chi connectivity index (χ3n) is 6.55. The number of amides is 1. The second-order valence-corrected chi connectivity index (χ2v) is 13.2. The maximum atomic E-state index is 12.6. The van der Waals surface area contributed by atoms with Gasteiger partial charge >= 0.3 is 0 Å². The van der Waals surface area contributed by atoms with Crippen molar-refractivity contribution in [1.82, 2.24) is 5.32 Å². The SMILES string of the molecule is CCC/C=C/CC/C=C/C(O)C(COP(=O)([O-])OCC[N+](C)(C)C)NC(=O)CCCCCCC/C=C\CCCCC. The first kappa shape index (κ1) is 39.7. The number of carbonyl (C=O) groups excluding carboxylic acids is 1. The minimum atomic E-state index is -4.57. The first-order chi connectivity index (χ1) is 19.5. The molecule has 1 amide bonds.